The minimum Gasteiger partial charge on any atom is -0.333 e. The van der Waals surface area contributed by atoms with Crippen LogP contribution in [0.15, 0.2) is 121 Å². The summed E-state index contributed by atoms with van der Waals surface area (Å²) < 4.78 is 9.50. The second kappa shape index (κ2) is 21.8. The predicted molar refractivity (Wildman–Crippen MR) is 312 cm³/mol. The summed E-state index contributed by atoms with van der Waals surface area (Å²) in [6, 6.07) is 26.7. The van der Waals surface area contributed by atoms with E-state index in [0.717, 1.165) is 22.8 Å². The van der Waals surface area contributed by atoms with E-state index < -0.39 is 14.4 Å². The van der Waals surface area contributed by atoms with Gasteiger partial charge >= 0.3 is 14.4 Å². The van der Waals surface area contributed by atoms with Gasteiger partial charge in [-0.05, 0) is 118 Å². The highest BCUT2D eigenvalue weighted by atomic mass is 79.9. The second-order valence-electron chi connectivity index (χ2n) is 21.5. The Hall–Kier alpha value is -3.65. The minimum absolute atomic E-state index is 0.369. The number of benzene rings is 4. The first-order valence-corrected chi connectivity index (χ1v) is 33.5. The molecule has 0 saturated carbocycles. The Kier molecular flexibility index (Phi) is 17.7. The summed E-state index contributed by atoms with van der Waals surface area (Å²) in [6.07, 6.45) is 4.39. The maximum Gasteiger partial charge on any atom is 0.429 e. The van der Waals surface area contributed by atoms with E-state index >= 15 is 0 Å². The molecule has 0 bridgehead atoms. The number of rotatable bonds is 12. The van der Waals surface area contributed by atoms with Crippen molar-refractivity contribution < 1.29 is 0 Å². The Labute approximate surface area is 431 Å². The Balaban J connectivity index is 0.000000254. The summed E-state index contributed by atoms with van der Waals surface area (Å²) in [6.45, 7) is 49.5. The number of anilines is 4. The fourth-order valence-corrected chi connectivity index (χ4v) is 20.1. The molecule has 368 valence electrons. The van der Waals surface area contributed by atoms with Crippen LogP contribution in [-0.2, 0) is 0 Å². The van der Waals surface area contributed by atoms with Crippen LogP contribution in [0, 0.1) is 0 Å². The van der Waals surface area contributed by atoms with Crippen molar-refractivity contribution in [2.75, 3.05) is 18.3 Å². The minimum atomic E-state index is -2.95. The normalized spacial score (nSPS) is 19.1. The molecular formula is C58H84Br2N6Si2. The van der Waals surface area contributed by atoms with Gasteiger partial charge in [0.1, 0.15) is 0 Å². The summed E-state index contributed by atoms with van der Waals surface area (Å²) in [5.74, 6) is 3.00. The average Bonchev–Trinajstić information content (AvgIpc) is 3.22. The number of nitrogens with two attached hydrogens (primary N) is 2. The molecule has 0 unspecified atom stereocenters. The van der Waals surface area contributed by atoms with Crippen LogP contribution >= 0.6 is 30.6 Å². The van der Waals surface area contributed by atoms with Gasteiger partial charge in [-0.25, -0.2) is 0 Å². The lowest BCUT2D eigenvalue weighted by molar-refractivity contribution is 0.821. The highest BCUT2D eigenvalue weighted by Crippen LogP contribution is 2.50. The van der Waals surface area contributed by atoms with Crippen LogP contribution in [0.25, 0.3) is 0 Å². The summed E-state index contributed by atoms with van der Waals surface area (Å²) in [5, 5.41) is 15.0. The smallest absolute Gasteiger partial charge is 0.333 e. The monoisotopic (exact) mass is 1080 g/mol. The molecule has 2 heterocycles. The Bertz CT molecular complexity index is 2270. The first kappa shape index (κ1) is 55.3. The van der Waals surface area contributed by atoms with Gasteiger partial charge in [0, 0.05) is 45.5 Å². The lowest BCUT2D eigenvalue weighted by atomic mass is 9.92. The van der Waals surface area contributed by atoms with Crippen LogP contribution < -0.4 is 29.1 Å². The number of para-hydroxylation sites is 4. The molecular weight excluding hydrogens is 997 g/mol. The molecule has 0 fully saturated rings. The Morgan fingerprint density at radius 1 is 0.353 bits per heavy atom. The molecule has 2 atom stereocenters. The van der Waals surface area contributed by atoms with E-state index in [9.17, 15) is 0 Å². The molecule has 0 spiro atoms. The lowest BCUT2D eigenvalue weighted by Gasteiger charge is -2.50. The van der Waals surface area contributed by atoms with Crippen molar-refractivity contribution in [1.82, 2.24) is 0 Å². The molecule has 4 aromatic rings. The van der Waals surface area contributed by atoms with Gasteiger partial charge in [-0.1, -0.05) is 227 Å². The largest absolute Gasteiger partial charge is 0.429 e. The van der Waals surface area contributed by atoms with Crippen molar-refractivity contribution in [2.45, 2.75) is 172 Å². The SMILES string of the molecule is C=C1C=C(C)N(c2c(C(C)C)cccc2C(C)C)[Si@](N)(Br)N1c1c(C(C)C)cccc1C(C)C.C=C1C=C(C)N(c2c(C(C)C)cccc2C(C)C)[Si@](N)(Br)N1c1c(C(C)C)cccc1C(C)C. The maximum atomic E-state index is 7.49. The highest BCUT2D eigenvalue weighted by Gasteiger charge is 2.51. The predicted octanol–water partition coefficient (Wildman–Crippen LogP) is 17.4. The van der Waals surface area contributed by atoms with E-state index in [0.29, 0.717) is 47.3 Å². The van der Waals surface area contributed by atoms with E-state index in [4.69, 9.17) is 10.8 Å². The molecule has 0 amide bonds. The topological polar surface area (TPSA) is 65.0 Å². The molecule has 6 rings (SSSR count). The number of nitrogens with zero attached hydrogens (tertiary/aromatic N) is 4. The zero-order chi connectivity index (χ0) is 51.1. The van der Waals surface area contributed by atoms with Gasteiger partial charge in [-0.3, -0.25) is 0 Å². The van der Waals surface area contributed by atoms with Crippen molar-refractivity contribution in [3.8, 4) is 0 Å². The summed E-state index contributed by atoms with van der Waals surface area (Å²) in [5.41, 5.74) is 19.6. The fraction of sp³-hybridized carbons (Fsp3) is 0.448. The van der Waals surface area contributed by atoms with Gasteiger partial charge in [0.2, 0.25) is 0 Å². The lowest BCUT2D eigenvalue weighted by Crippen LogP contribution is -2.70. The van der Waals surface area contributed by atoms with E-state index in [1.54, 1.807) is 0 Å². The fourth-order valence-electron chi connectivity index (χ4n) is 10.2. The van der Waals surface area contributed by atoms with Gasteiger partial charge in [0.15, 0.2) is 0 Å². The summed E-state index contributed by atoms with van der Waals surface area (Å²) in [4.78, 5) is 0. The van der Waals surface area contributed by atoms with Crippen molar-refractivity contribution in [3.63, 3.8) is 0 Å². The van der Waals surface area contributed by atoms with Gasteiger partial charge in [0.25, 0.3) is 0 Å². The van der Waals surface area contributed by atoms with Crippen LogP contribution in [0.1, 0.15) is 216 Å². The van der Waals surface area contributed by atoms with E-state index in [-0.39, 0.29) is 0 Å². The molecule has 0 aliphatic carbocycles. The third kappa shape index (κ3) is 10.7. The van der Waals surface area contributed by atoms with Crippen molar-refractivity contribution in [1.29, 1.82) is 0 Å². The highest BCUT2D eigenvalue weighted by molar-refractivity contribution is 9.26. The summed E-state index contributed by atoms with van der Waals surface area (Å²) in [7, 11) is -5.91. The number of hydrogen-bond donors (Lipinski definition) is 2. The van der Waals surface area contributed by atoms with Crippen molar-refractivity contribution in [2.24, 2.45) is 10.8 Å². The Morgan fingerprint density at radius 3 is 0.676 bits per heavy atom. The van der Waals surface area contributed by atoms with Gasteiger partial charge in [0.05, 0.1) is 0 Å². The van der Waals surface area contributed by atoms with Crippen molar-refractivity contribution >= 4 is 67.7 Å². The number of halogens is 2. The van der Waals surface area contributed by atoms with Crippen LogP contribution in [0.2, 0.25) is 0 Å². The molecule has 4 N–H and O–H groups in total. The van der Waals surface area contributed by atoms with E-state index in [1.807, 2.05) is 0 Å². The zero-order valence-corrected chi connectivity index (χ0v) is 50.0. The molecule has 6 nitrogen and oxygen atoms in total. The summed E-state index contributed by atoms with van der Waals surface area (Å²) >= 11 is 8.36. The van der Waals surface area contributed by atoms with Crippen LogP contribution in [0.5, 0.6) is 0 Å². The van der Waals surface area contributed by atoms with Gasteiger partial charge in [-0.15, -0.1) is 0 Å². The quantitative estimate of drug-likeness (QED) is 0.109. The first-order valence-electron chi connectivity index (χ1n) is 25.0. The average molecular weight is 1080 g/mol. The van der Waals surface area contributed by atoms with Crippen LogP contribution in [-0.4, -0.2) is 14.4 Å². The first-order chi connectivity index (χ1) is 31.6. The third-order valence-corrected chi connectivity index (χ3v) is 22.5. The van der Waals surface area contributed by atoms with E-state index in [2.05, 4.69) is 272 Å². The molecule has 4 aromatic carbocycles. The zero-order valence-electron chi connectivity index (χ0n) is 44.8. The molecule has 2 aliphatic rings. The van der Waals surface area contributed by atoms with E-state index in [1.165, 1.54) is 67.3 Å². The molecule has 0 saturated heterocycles. The van der Waals surface area contributed by atoms with Crippen LogP contribution in [0.3, 0.4) is 0 Å². The van der Waals surface area contributed by atoms with Crippen molar-refractivity contribution in [3.05, 3.63) is 165 Å². The van der Waals surface area contributed by atoms with Gasteiger partial charge < -0.3 is 29.1 Å². The van der Waals surface area contributed by atoms with Gasteiger partial charge in [-0.2, -0.15) is 0 Å². The molecule has 0 radical (unpaired) electrons. The maximum absolute atomic E-state index is 7.49. The Morgan fingerprint density at radius 2 is 0.515 bits per heavy atom. The molecule has 68 heavy (non-hydrogen) atoms. The number of allylic oxidation sites excluding steroid dienone is 4. The number of hydrogen-bond acceptors (Lipinski definition) is 6. The second-order valence-corrected chi connectivity index (χ2v) is 32.9. The molecule has 10 heteroatoms. The van der Waals surface area contributed by atoms with Crippen LogP contribution in [0.4, 0.5) is 22.7 Å². The third-order valence-electron chi connectivity index (χ3n) is 13.5. The standard InChI is InChI=1S/2C29H42BrN3Si/c2*1-18(2)24-13-11-14-25(19(3)4)28(24)32-22(9)17-23(10)33(34(32,30)31)29-26(20(5)6)15-12-16-27(29)21(7)8/h2*11-21H,9,31H2,1-8,10H3/t2*34-/m00/s1. The molecule has 2 aliphatic heterocycles. The molecule has 0 aromatic heterocycles.